The molecular weight excluding hydrogens is 356 g/mol. The number of esters is 1. The summed E-state index contributed by atoms with van der Waals surface area (Å²) in [6.07, 6.45) is 1.42. The fourth-order valence-electron chi connectivity index (χ4n) is 2.61. The fraction of sp³-hybridized carbons (Fsp3) is 0.222. The minimum atomic E-state index is -1.25. The van der Waals surface area contributed by atoms with Gasteiger partial charge in [-0.15, -0.1) is 11.3 Å². The van der Waals surface area contributed by atoms with E-state index in [-0.39, 0.29) is 24.3 Å². The van der Waals surface area contributed by atoms with E-state index in [1.165, 1.54) is 23.0 Å². The van der Waals surface area contributed by atoms with Gasteiger partial charge in [0.2, 0.25) is 0 Å². The molecule has 0 aliphatic carbocycles. The van der Waals surface area contributed by atoms with E-state index >= 15 is 0 Å². The van der Waals surface area contributed by atoms with Crippen LogP contribution < -0.4 is 10.7 Å². The molecule has 3 aromatic rings. The summed E-state index contributed by atoms with van der Waals surface area (Å²) in [5, 5.41) is 11.2. The second-order valence-electron chi connectivity index (χ2n) is 5.62. The molecule has 0 radical (unpaired) electrons. The molecular formula is C18H15N2O5S-. The summed E-state index contributed by atoms with van der Waals surface area (Å²) in [6, 6.07) is 6.09. The highest BCUT2D eigenvalue weighted by atomic mass is 32.1. The number of carboxylic acid groups (broad SMARTS) is 1. The number of ether oxygens (including phenoxy) is 1. The van der Waals surface area contributed by atoms with Crippen LogP contribution in [0.3, 0.4) is 0 Å². The SMILES string of the molecule is CCOC(=O)c1sc2ncn(Cc3ccc(C(=O)[O-])cc3)c(=O)c2c1C. The molecule has 0 amide bonds. The number of carboxylic acids is 1. The molecule has 8 heteroatoms. The first kappa shape index (κ1) is 17.8. The lowest BCUT2D eigenvalue weighted by atomic mass is 10.1. The number of carbonyl (C=O) groups excluding carboxylic acids is 2. The number of carbonyl (C=O) groups is 2. The monoisotopic (exact) mass is 371 g/mol. The van der Waals surface area contributed by atoms with Crippen LogP contribution in [0, 0.1) is 6.92 Å². The van der Waals surface area contributed by atoms with Gasteiger partial charge < -0.3 is 14.6 Å². The molecule has 2 heterocycles. The molecule has 134 valence electrons. The van der Waals surface area contributed by atoms with Crippen molar-refractivity contribution in [3.05, 3.63) is 62.5 Å². The molecule has 0 spiro atoms. The van der Waals surface area contributed by atoms with Gasteiger partial charge in [-0.25, -0.2) is 9.78 Å². The van der Waals surface area contributed by atoms with Gasteiger partial charge in [-0.1, -0.05) is 24.3 Å². The van der Waals surface area contributed by atoms with Gasteiger partial charge in [-0.3, -0.25) is 9.36 Å². The Morgan fingerprint density at radius 1 is 1.27 bits per heavy atom. The van der Waals surface area contributed by atoms with Crippen LogP contribution in [0.25, 0.3) is 10.2 Å². The lowest BCUT2D eigenvalue weighted by Gasteiger charge is -2.07. The summed E-state index contributed by atoms with van der Waals surface area (Å²) in [7, 11) is 0. The van der Waals surface area contributed by atoms with Gasteiger partial charge in [0, 0.05) is 0 Å². The van der Waals surface area contributed by atoms with Crippen molar-refractivity contribution in [2.75, 3.05) is 6.61 Å². The van der Waals surface area contributed by atoms with Crippen LogP contribution >= 0.6 is 11.3 Å². The molecule has 3 rings (SSSR count). The molecule has 0 saturated heterocycles. The topological polar surface area (TPSA) is 101 Å². The molecule has 0 unspecified atom stereocenters. The van der Waals surface area contributed by atoms with Gasteiger partial charge in [0.1, 0.15) is 9.71 Å². The molecule has 0 aliphatic rings. The van der Waals surface area contributed by atoms with Crippen LogP contribution in [0.15, 0.2) is 35.4 Å². The maximum atomic E-state index is 12.8. The Labute approximate surface area is 152 Å². The van der Waals surface area contributed by atoms with E-state index in [0.717, 1.165) is 16.9 Å². The predicted molar refractivity (Wildman–Crippen MR) is 94.4 cm³/mol. The first-order valence-corrected chi connectivity index (χ1v) is 8.70. The van der Waals surface area contributed by atoms with Gasteiger partial charge in [-0.05, 0) is 30.5 Å². The summed E-state index contributed by atoms with van der Waals surface area (Å²) in [4.78, 5) is 40.7. The molecule has 0 saturated carbocycles. The van der Waals surface area contributed by atoms with Crippen LogP contribution in [0.5, 0.6) is 0 Å². The van der Waals surface area contributed by atoms with Crippen molar-refractivity contribution in [1.82, 2.24) is 9.55 Å². The largest absolute Gasteiger partial charge is 0.545 e. The number of aryl methyl sites for hydroxylation is 1. The van der Waals surface area contributed by atoms with Gasteiger partial charge in [0.15, 0.2) is 0 Å². The van der Waals surface area contributed by atoms with Crippen LogP contribution in [0.1, 0.15) is 38.1 Å². The summed E-state index contributed by atoms with van der Waals surface area (Å²) >= 11 is 1.14. The number of aromatic carboxylic acids is 1. The predicted octanol–water partition coefficient (Wildman–Crippen LogP) is 1.35. The molecule has 0 aliphatic heterocycles. The van der Waals surface area contributed by atoms with Gasteiger partial charge >= 0.3 is 5.97 Å². The molecule has 0 N–H and O–H groups in total. The number of hydrogen-bond acceptors (Lipinski definition) is 7. The minimum Gasteiger partial charge on any atom is -0.545 e. The highest BCUT2D eigenvalue weighted by Gasteiger charge is 2.20. The minimum absolute atomic E-state index is 0.0717. The molecule has 0 fully saturated rings. The summed E-state index contributed by atoms with van der Waals surface area (Å²) in [5.74, 6) is -1.71. The second kappa shape index (κ2) is 7.09. The number of thiophene rings is 1. The third-order valence-corrected chi connectivity index (χ3v) is 5.10. The van der Waals surface area contributed by atoms with Crippen molar-refractivity contribution in [3.8, 4) is 0 Å². The molecule has 2 aromatic heterocycles. The summed E-state index contributed by atoms with van der Waals surface area (Å²) < 4.78 is 6.44. The lowest BCUT2D eigenvalue weighted by molar-refractivity contribution is -0.255. The number of fused-ring (bicyclic) bond motifs is 1. The molecule has 0 bridgehead atoms. The normalized spacial score (nSPS) is 10.8. The Hall–Kier alpha value is -3.00. The Morgan fingerprint density at radius 3 is 2.58 bits per heavy atom. The van der Waals surface area contributed by atoms with Crippen LogP contribution in [0.4, 0.5) is 0 Å². The summed E-state index contributed by atoms with van der Waals surface area (Å²) in [5.41, 5.74) is 1.12. The maximum absolute atomic E-state index is 12.8. The van der Waals surface area contributed by atoms with Crippen molar-refractivity contribution in [3.63, 3.8) is 0 Å². The van der Waals surface area contributed by atoms with Crippen molar-refractivity contribution in [1.29, 1.82) is 0 Å². The van der Waals surface area contributed by atoms with E-state index < -0.39 is 11.9 Å². The number of rotatable bonds is 5. The number of benzene rings is 1. The smallest absolute Gasteiger partial charge is 0.348 e. The van der Waals surface area contributed by atoms with Crippen LogP contribution in [-0.2, 0) is 11.3 Å². The average molecular weight is 371 g/mol. The van der Waals surface area contributed by atoms with E-state index in [1.807, 2.05) is 0 Å². The maximum Gasteiger partial charge on any atom is 0.348 e. The van der Waals surface area contributed by atoms with E-state index in [2.05, 4.69) is 4.98 Å². The Balaban J connectivity index is 1.99. The van der Waals surface area contributed by atoms with Gasteiger partial charge in [-0.2, -0.15) is 0 Å². The van der Waals surface area contributed by atoms with Gasteiger partial charge in [0.25, 0.3) is 5.56 Å². The van der Waals surface area contributed by atoms with E-state index in [9.17, 15) is 19.5 Å². The Kier molecular flexibility index (Phi) is 4.85. The van der Waals surface area contributed by atoms with Crippen molar-refractivity contribution in [2.24, 2.45) is 0 Å². The second-order valence-corrected chi connectivity index (χ2v) is 6.62. The van der Waals surface area contributed by atoms with Crippen molar-refractivity contribution in [2.45, 2.75) is 20.4 Å². The van der Waals surface area contributed by atoms with Crippen molar-refractivity contribution < 1.29 is 19.4 Å². The lowest BCUT2D eigenvalue weighted by Crippen LogP contribution is -2.23. The van der Waals surface area contributed by atoms with E-state index in [4.69, 9.17) is 4.74 Å². The van der Waals surface area contributed by atoms with E-state index in [0.29, 0.717) is 20.7 Å². The molecule has 1 aromatic carbocycles. The standard InChI is InChI=1S/C18H16N2O5S/c1-3-25-18(24)14-10(2)13-15(26-14)19-9-20(16(13)21)8-11-4-6-12(7-5-11)17(22)23/h4-7,9H,3,8H2,1-2H3,(H,22,23)/p-1. The molecule has 0 atom stereocenters. The number of nitrogens with zero attached hydrogens (tertiary/aromatic N) is 2. The zero-order chi connectivity index (χ0) is 18.8. The summed E-state index contributed by atoms with van der Waals surface area (Å²) in [6.45, 7) is 3.91. The first-order valence-electron chi connectivity index (χ1n) is 7.88. The first-order chi connectivity index (χ1) is 12.4. The van der Waals surface area contributed by atoms with Crippen LogP contribution in [0.2, 0.25) is 0 Å². The van der Waals surface area contributed by atoms with Crippen LogP contribution in [-0.4, -0.2) is 28.1 Å². The van der Waals surface area contributed by atoms with Gasteiger partial charge in [0.05, 0.1) is 30.8 Å². The average Bonchev–Trinajstić information content (AvgIpc) is 2.95. The Morgan fingerprint density at radius 2 is 1.96 bits per heavy atom. The van der Waals surface area contributed by atoms with Crippen molar-refractivity contribution >= 4 is 33.5 Å². The molecule has 7 nitrogen and oxygen atoms in total. The quantitative estimate of drug-likeness (QED) is 0.628. The zero-order valence-corrected chi connectivity index (χ0v) is 15.0. The number of hydrogen-bond donors (Lipinski definition) is 0. The zero-order valence-electron chi connectivity index (χ0n) is 14.1. The highest BCUT2D eigenvalue weighted by Crippen LogP contribution is 2.27. The fourth-order valence-corrected chi connectivity index (χ4v) is 3.64. The van der Waals surface area contributed by atoms with E-state index in [1.54, 1.807) is 26.0 Å². The highest BCUT2D eigenvalue weighted by molar-refractivity contribution is 7.20. The third kappa shape index (κ3) is 3.23. The number of aromatic nitrogens is 2. The molecule has 26 heavy (non-hydrogen) atoms. The Bertz CT molecular complexity index is 1050. The third-order valence-electron chi connectivity index (χ3n) is 3.92.